The van der Waals surface area contributed by atoms with E-state index >= 15 is 0 Å². The van der Waals surface area contributed by atoms with Crippen molar-refractivity contribution in [3.05, 3.63) is 24.3 Å². The molecule has 306 valence electrons. The number of phosphoric ester groups is 1. The predicted octanol–water partition coefficient (Wildman–Crippen LogP) is 10.9. The van der Waals surface area contributed by atoms with Crippen molar-refractivity contribution in [3.63, 3.8) is 0 Å². The molecule has 0 bridgehead atoms. The quantitative estimate of drug-likeness (QED) is 0.0201. The number of carbonyl (C=O) groups is 2. The largest absolute Gasteiger partial charge is 0.756 e. The molecule has 0 spiro atoms. The van der Waals surface area contributed by atoms with Crippen LogP contribution in [0.5, 0.6) is 0 Å². The minimum atomic E-state index is -4.62. The topological polar surface area (TPSA) is 111 Å². The van der Waals surface area contributed by atoms with E-state index in [2.05, 4.69) is 38.2 Å². The lowest BCUT2D eigenvalue weighted by atomic mass is 10.0. The summed E-state index contributed by atoms with van der Waals surface area (Å²) in [6.07, 6.45) is 36.2. The van der Waals surface area contributed by atoms with Crippen molar-refractivity contribution in [2.45, 2.75) is 187 Å². The summed E-state index contributed by atoms with van der Waals surface area (Å²) < 4.78 is 33.8. The van der Waals surface area contributed by atoms with Gasteiger partial charge in [-0.15, -0.1) is 0 Å². The average molecular weight is 758 g/mol. The Hall–Kier alpha value is -1.51. The molecule has 0 N–H and O–H groups in total. The fourth-order valence-corrected chi connectivity index (χ4v) is 6.35. The van der Waals surface area contributed by atoms with E-state index in [1.165, 1.54) is 89.9 Å². The van der Waals surface area contributed by atoms with Crippen molar-refractivity contribution in [1.82, 2.24) is 0 Å². The van der Waals surface area contributed by atoms with Gasteiger partial charge in [-0.1, -0.05) is 147 Å². The van der Waals surface area contributed by atoms with Crippen molar-refractivity contribution in [2.75, 3.05) is 47.5 Å². The Balaban J connectivity index is 4.41. The van der Waals surface area contributed by atoms with Crippen molar-refractivity contribution in [3.8, 4) is 0 Å². The number of ether oxygens (including phenoxy) is 2. The van der Waals surface area contributed by atoms with Crippen LogP contribution in [0.25, 0.3) is 0 Å². The van der Waals surface area contributed by atoms with Crippen LogP contribution in [-0.4, -0.2) is 70.0 Å². The fourth-order valence-electron chi connectivity index (χ4n) is 5.63. The highest BCUT2D eigenvalue weighted by Crippen LogP contribution is 2.38. The van der Waals surface area contributed by atoms with Crippen LogP contribution in [0, 0.1) is 0 Å². The summed E-state index contributed by atoms with van der Waals surface area (Å²) in [4.78, 5) is 37.4. The molecule has 52 heavy (non-hydrogen) atoms. The molecule has 0 saturated carbocycles. The molecule has 0 aliphatic carbocycles. The minimum absolute atomic E-state index is 0.0321. The molecule has 0 saturated heterocycles. The molecule has 0 rings (SSSR count). The number of hydrogen-bond donors (Lipinski definition) is 0. The monoisotopic (exact) mass is 758 g/mol. The first-order valence-electron chi connectivity index (χ1n) is 21.0. The van der Waals surface area contributed by atoms with Crippen LogP contribution in [0.15, 0.2) is 24.3 Å². The summed E-state index contributed by atoms with van der Waals surface area (Å²) in [5, 5.41) is 0. The second kappa shape index (κ2) is 35.2. The van der Waals surface area contributed by atoms with Gasteiger partial charge in [-0.25, -0.2) is 0 Å². The lowest BCUT2D eigenvalue weighted by Gasteiger charge is -2.28. The molecule has 0 fully saturated rings. The summed E-state index contributed by atoms with van der Waals surface area (Å²) in [7, 11) is 1.16. The highest BCUT2D eigenvalue weighted by atomic mass is 31.2. The van der Waals surface area contributed by atoms with Crippen molar-refractivity contribution in [2.24, 2.45) is 0 Å². The number of unbranched alkanes of at least 4 members (excludes halogenated alkanes) is 20. The van der Waals surface area contributed by atoms with Gasteiger partial charge in [0, 0.05) is 12.8 Å². The molecule has 0 aliphatic heterocycles. The maximum atomic E-state index is 12.6. The van der Waals surface area contributed by atoms with Gasteiger partial charge in [-0.2, -0.15) is 0 Å². The lowest BCUT2D eigenvalue weighted by molar-refractivity contribution is -0.870. The third kappa shape index (κ3) is 38.2. The highest BCUT2D eigenvalue weighted by Gasteiger charge is 2.21. The van der Waals surface area contributed by atoms with Crippen LogP contribution in [0.2, 0.25) is 0 Å². The van der Waals surface area contributed by atoms with Crippen LogP contribution in [0.1, 0.15) is 181 Å². The van der Waals surface area contributed by atoms with Gasteiger partial charge < -0.3 is 27.9 Å². The van der Waals surface area contributed by atoms with Crippen molar-refractivity contribution < 1.29 is 42.1 Å². The fraction of sp³-hybridized carbons (Fsp3) is 0.857. The first-order chi connectivity index (χ1) is 25.0. The maximum absolute atomic E-state index is 12.6. The smallest absolute Gasteiger partial charge is 0.306 e. The SMILES string of the molecule is CCCCCC=CCC=CCCCCCCCC(=O)OC(COC(=O)CCCCCCCCCCCCCCC)COP(=O)([O-])OCC[N+](C)(C)C. The summed E-state index contributed by atoms with van der Waals surface area (Å²) in [6, 6.07) is 0. The number of quaternary nitrogens is 1. The Morgan fingerprint density at radius 1 is 0.596 bits per heavy atom. The second-order valence-corrected chi connectivity index (χ2v) is 16.8. The molecule has 9 nitrogen and oxygen atoms in total. The van der Waals surface area contributed by atoms with Gasteiger partial charge >= 0.3 is 11.9 Å². The number of nitrogens with zero attached hydrogens (tertiary/aromatic N) is 1. The van der Waals surface area contributed by atoms with Gasteiger partial charge in [-0.05, 0) is 44.9 Å². The van der Waals surface area contributed by atoms with Gasteiger partial charge in [-0.3, -0.25) is 14.2 Å². The van der Waals surface area contributed by atoms with E-state index < -0.39 is 26.5 Å². The zero-order valence-corrected chi connectivity index (χ0v) is 35.2. The van der Waals surface area contributed by atoms with E-state index in [1.807, 2.05) is 21.1 Å². The lowest BCUT2D eigenvalue weighted by Crippen LogP contribution is -2.37. The number of likely N-dealkylation sites (N-methyl/N-ethyl adjacent to an activating group) is 1. The number of rotatable bonds is 38. The van der Waals surface area contributed by atoms with E-state index in [1.54, 1.807) is 0 Å². The molecule has 10 heteroatoms. The second-order valence-electron chi connectivity index (χ2n) is 15.4. The van der Waals surface area contributed by atoms with Gasteiger partial charge in [0.2, 0.25) is 0 Å². The molecule has 2 unspecified atom stereocenters. The Kier molecular flexibility index (Phi) is 34.2. The van der Waals surface area contributed by atoms with Crippen LogP contribution in [0.4, 0.5) is 0 Å². The Morgan fingerprint density at radius 2 is 1.04 bits per heavy atom. The summed E-state index contributed by atoms with van der Waals surface area (Å²) >= 11 is 0. The molecule has 0 aromatic rings. The molecule has 0 aromatic heterocycles. The zero-order valence-electron chi connectivity index (χ0n) is 34.3. The number of allylic oxidation sites excluding steroid dienone is 4. The Morgan fingerprint density at radius 3 is 1.56 bits per heavy atom. The van der Waals surface area contributed by atoms with Crippen LogP contribution in [-0.2, 0) is 32.7 Å². The summed E-state index contributed by atoms with van der Waals surface area (Å²) in [5.74, 6) is -0.846. The van der Waals surface area contributed by atoms with Crippen molar-refractivity contribution >= 4 is 19.8 Å². The van der Waals surface area contributed by atoms with Gasteiger partial charge in [0.05, 0.1) is 27.7 Å². The van der Waals surface area contributed by atoms with E-state index in [0.29, 0.717) is 17.4 Å². The number of esters is 2. The third-order valence-electron chi connectivity index (χ3n) is 8.97. The zero-order chi connectivity index (χ0) is 38.6. The molecule has 0 aliphatic rings. The third-order valence-corrected chi connectivity index (χ3v) is 9.94. The van der Waals surface area contributed by atoms with E-state index in [9.17, 15) is 19.0 Å². The number of phosphoric acid groups is 1. The maximum Gasteiger partial charge on any atom is 0.306 e. The van der Waals surface area contributed by atoms with Gasteiger partial charge in [0.25, 0.3) is 7.82 Å². The molecule has 0 aromatic carbocycles. The van der Waals surface area contributed by atoms with E-state index in [0.717, 1.165) is 57.8 Å². The highest BCUT2D eigenvalue weighted by molar-refractivity contribution is 7.45. The summed E-state index contributed by atoms with van der Waals surface area (Å²) in [5.41, 5.74) is 0. The Bertz CT molecular complexity index is 949. The number of hydrogen-bond acceptors (Lipinski definition) is 8. The van der Waals surface area contributed by atoms with E-state index in [4.69, 9.17) is 18.5 Å². The number of carbonyl (C=O) groups excluding carboxylic acids is 2. The normalized spacial score (nSPS) is 13.9. The summed E-state index contributed by atoms with van der Waals surface area (Å²) in [6.45, 7) is 4.18. The molecule has 0 amide bonds. The molecule has 0 heterocycles. The van der Waals surface area contributed by atoms with Gasteiger partial charge in [0.1, 0.15) is 19.8 Å². The molecule has 2 atom stereocenters. The first-order valence-corrected chi connectivity index (χ1v) is 22.5. The predicted molar refractivity (Wildman–Crippen MR) is 213 cm³/mol. The minimum Gasteiger partial charge on any atom is -0.756 e. The van der Waals surface area contributed by atoms with Gasteiger partial charge in [0.15, 0.2) is 6.10 Å². The van der Waals surface area contributed by atoms with Crippen LogP contribution in [0.3, 0.4) is 0 Å². The standard InChI is InChI=1S/C42H80NO8P/c1-6-8-10-12-14-16-18-20-21-23-25-27-29-31-33-35-42(45)51-40(39-50-52(46,47)49-37-36-43(3,4)5)38-48-41(44)34-32-30-28-26-24-22-19-17-15-13-11-9-7-2/h14,16,20-21,40H,6-13,15,17-19,22-39H2,1-5H3. The first kappa shape index (κ1) is 50.5. The molecular weight excluding hydrogens is 677 g/mol. The van der Waals surface area contributed by atoms with Crippen LogP contribution < -0.4 is 4.89 Å². The average Bonchev–Trinajstić information content (AvgIpc) is 3.09. The molecule has 0 radical (unpaired) electrons. The van der Waals surface area contributed by atoms with Crippen LogP contribution >= 0.6 is 7.82 Å². The van der Waals surface area contributed by atoms with Crippen molar-refractivity contribution in [1.29, 1.82) is 0 Å². The molecular formula is C42H80NO8P. The Labute approximate surface area is 319 Å². The van der Waals surface area contributed by atoms with E-state index in [-0.39, 0.29) is 32.0 Å².